The summed E-state index contributed by atoms with van der Waals surface area (Å²) in [5.74, 6) is -2.49. The maximum atomic E-state index is 13.9. The second kappa shape index (κ2) is 3.75. The first-order valence-electron chi connectivity index (χ1n) is 6.24. The van der Waals surface area contributed by atoms with Crippen LogP contribution in [0, 0.1) is 11.8 Å². The molecule has 0 amide bonds. The van der Waals surface area contributed by atoms with Crippen LogP contribution in [0.15, 0.2) is 12.2 Å². The van der Waals surface area contributed by atoms with E-state index in [1.807, 2.05) is 0 Å². The van der Waals surface area contributed by atoms with Gasteiger partial charge in [0.25, 0.3) is 0 Å². The Morgan fingerprint density at radius 1 is 1.24 bits per heavy atom. The van der Waals surface area contributed by atoms with Crippen LogP contribution in [-0.2, 0) is 9.31 Å². The molecule has 0 aromatic carbocycles. The molecule has 1 aliphatic heterocycles. The third kappa shape index (κ3) is 2.07. The lowest BCUT2D eigenvalue weighted by molar-refractivity contribution is 0.00578. The molecule has 0 spiro atoms. The van der Waals surface area contributed by atoms with Crippen LogP contribution in [0.5, 0.6) is 0 Å². The largest absolute Gasteiger partial charge is 0.499 e. The predicted octanol–water partition coefficient (Wildman–Crippen LogP) is 1.66. The van der Waals surface area contributed by atoms with Crippen molar-refractivity contribution in [1.82, 2.24) is 4.98 Å². The number of halogens is 2. The number of hydrogen-bond donors (Lipinski definition) is 0. The number of nitrogens with zero attached hydrogens (tertiary/aromatic N) is 1. The molecule has 1 fully saturated rings. The first kappa shape index (κ1) is 9.97. The van der Waals surface area contributed by atoms with Gasteiger partial charge in [-0.1, -0.05) is 0 Å². The fourth-order valence-electron chi connectivity index (χ4n) is 1.46. The Balaban J connectivity index is 2.49. The highest BCUT2D eigenvalue weighted by Gasteiger charge is 2.52. The summed E-state index contributed by atoms with van der Waals surface area (Å²) >= 11 is 0. The van der Waals surface area contributed by atoms with Crippen LogP contribution in [0.2, 0.25) is 0 Å². The van der Waals surface area contributed by atoms with Crippen LogP contribution < -0.4 is 5.46 Å². The Morgan fingerprint density at radius 2 is 1.76 bits per heavy atom. The molecule has 0 aliphatic carbocycles. The van der Waals surface area contributed by atoms with E-state index < -0.39 is 42.3 Å². The molecule has 0 N–H and O–H groups in total. The molecular weight excluding hydrogens is 227 g/mol. The normalized spacial score (nSPS) is 23.5. The Hall–Kier alpha value is -1.01. The predicted molar refractivity (Wildman–Crippen MR) is 59.9 cm³/mol. The van der Waals surface area contributed by atoms with Gasteiger partial charge < -0.3 is 9.31 Å². The van der Waals surface area contributed by atoms with E-state index in [1.54, 1.807) is 27.7 Å². The van der Waals surface area contributed by atoms with E-state index >= 15 is 0 Å². The molecule has 2 rings (SSSR count). The topological polar surface area (TPSA) is 31.4 Å². The van der Waals surface area contributed by atoms with Gasteiger partial charge >= 0.3 is 7.12 Å². The van der Waals surface area contributed by atoms with Gasteiger partial charge in [0.1, 0.15) is 5.82 Å². The van der Waals surface area contributed by atoms with E-state index in [9.17, 15) is 8.78 Å². The van der Waals surface area contributed by atoms with Gasteiger partial charge in [-0.25, -0.2) is 9.37 Å². The van der Waals surface area contributed by atoms with Gasteiger partial charge in [0.05, 0.1) is 13.9 Å². The van der Waals surface area contributed by atoms with Gasteiger partial charge in [-0.15, -0.1) is 0 Å². The van der Waals surface area contributed by atoms with Gasteiger partial charge in [-0.2, -0.15) is 4.39 Å². The molecule has 1 aromatic heterocycles. The van der Waals surface area contributed by atoms with E-state index in [4.69, 9.17) is 12.1 Å². The maximum Gasteiger partial charge on any atom is 0.499 e. The molecule has 0 atom stereocenters. The summed E-state index contributed by atoms with van der Waals surface area (Å²) in [7, 11) is -1.17. The Morgan fingerprint density at radius 3 is 2.29 bits per heavy atom. The first-order chi connectivity index (χ1) is 8.57. The van der Waals surface area contributed by atoms with Crippen molar-refractivity contribution in [1.29, 1.82) is 0 Å². The maximum absolute atomic E-state index is 13.9. The summed E-state index contributed by atoms with van der Waals surface area (Å²) in [6, 6.07) is -0.985. The van der Waals surface area contributed by atoms with Gasteiger partial charge in [0.2, 0.25) is 5.95 Å². The van der Waals surface area contributed by atoms with Crippen molar-refractivity contribution >= 4 is 12.6 Å². The molecule has 1 aromatic rings. The molecule has 1 aliphatic rings. The van der Waals surface area contributed by atoms with Gasteiger partial charge in [-0.3, -0.25) is 0 Å². The van der Waals surface area contributed by atoms with Gasteiger partial charge in [-0.05, 0) is 27.7 Å². The lowest BCUT2D eigenvalue weighted by Gasteiger charge is -2.32. The van der Waals surface area contributed by atoms with E-state index in [2.05, 4.69) is 4.98 Å². The minimum absolute atomic E-state index is 0.343. The molecule has 92 valence electrons. The minimum atomic E-state index is -1.32. The Kier molecular flexibility index (Phi) is 2.20. The summed E-state index contributed by atoms with van der Waals surface area (Å²) < 4.78 is 52.9. The molecule has 1 saturated heterocycles. The zero-order valence-corrected chi connectivity index (χ0v) is 10.1. The highest BCUT2D eigenvalue weighted by Crippen LogP contribution is 2.36. The molecule has 0 radical (unpaired) electrons. The van der Waals surface area contributed by atoms with Crippen molar-refractivity contribution in [2.24, 2.45) is 0 Å². The van der Waals surface area contributed by atoms with Crippen LogP contribution in [0.25, 0.3) is 0 Å². The second-order valence-corrected chi connectivity index (χ2v) is 4.96. The molecular formula is C11H14BF2NO2. The average molecular weight is 243 g/mol. The van der Waals surface area contributed by atoms with E-state index in [0.717, 1.165) is 0 Å². The molecule has 2 heterocycles. The third-order valence-corrected chi connectivity index (χ3v) is 3.21. The van der Waals surface area contributed by atoms with Crippen LogP contribution in [0.1, 0.15) is 30.4 Å². The van der Waals surface area contributed by atoms with Crippen LogP contribution in [-0.4, -0.2) is 23.3 Å². The Labute approximate surface area is 102 Å². The number of pyridine rings is 1. The van der Waals surface area contributed by atoms with Crippen molar-refractivity contribution in [3.05, 3.63) is 24.0 Å². The lowest BCUT2D eigenvalue weighted by Crippen LogP contribution is -2.41. The van der Waals surface area contributed by atoms with Gasteiger partial charge in [0, 0.05) is 17.7 Å². The zero-order valence-electron chi connectivity index (χ0n) is 12.1. The number of hydrogen-bond acceptors (Lipinski definition) is 3. The lowest BCUT2D eigenvalue weighted by atomic mass is 9.80. The van der Waals surface area contributed by atoms with Crippen LogP contribution in [0.4, 0.5) is 8.78 Å². The molecule has 3 nitrogen and oxygen atoms in total. The highest BCUT2D eigenvalue weighted by atomic mass is 19.1. The van der Waals surface area contributed by atoms with Crippen molar-refractivity contribution in [2.45, 2.75) is 38.9 Å². The fraction of sp³-hybridized carbons (Fsp3) is 0.545. The van der Waals surface area contributed by atoms with Crippen LogP contribution >= 0.6 is 0 Å². The molecule has 0 bridgehead atoms. The standard InChI is InChI=1S/C11H14BF2NO2/c1-10(2)11(3,4)17-12(16-10)7-6-15-9(14)5-8(7)13/h5-6H,1-4H3/i5D,6D. The van der Waals surface area contributed by atoms with E-state index in [-0.39, 0.29) is 5.46 Å². The average Bonchev–Trinajstić information content (AvgIpc) is 2.44. The van der Waals surface area contributed by atoms with Crippen molar-refractivity contribution in [2.75, 3.05) is 0 Å². The quantitative estimate of drug-likeness (QED) is 0.555. The minimum Gasteiger partial charge on any atom is -0.399 e. The van der Waals surface area contributed by atoms with Crippen molar-refractivity contribution < 1.29 is 20.8 Å². The third-order valence-electron chi connectivity index (χ3n) is 3.21. The van der Waals surface area contributed by atoms with E-state index in [0.29, 0.717) is 0 Å². The molecule has 6 heteroatoms. The first-order valence-corrected chi connectivity index (χ1v) is 5.24. The summed E-state index contributed by atoms with van der Waals surface area (Å²) in [6.07, 6.45) is -0.621. The van der Waals surface area contributed by atoms with Crippen LogP contribution in [0.3, 0.4) is 0 Å². The second-order valence-electron chi connectivity index (χ2n) is 4.96. The van der Waals surface area contributed by atoms with E-state index in [1.165, 1.54) is 0 Å². The summed E-state index contributed by atoms with van der Waals surface area (Å²) in [5.41, 5.74) is -1.77. The highest BCUT2D eigenvalue weighted by molar-refractivity contribution is 6.62. The summed E-state index contributed by atoms with van der Waals surface area (Å²) in [4.78, 5) is 3.19. The summed E-state index contributed by atoms with van der Waals surface area (Å²) in [6.45, 7) is 7.08. The smallest absolute Gasteiger partial charge is 0.399 e. The molecule has 0 saturated carbocycles. The number of aromatic nitrogens is 1. The molecule has 0 unspecified atom stereocenters. The Bertz CT molecular complexity index is 524. The SMILES string of the molecule is [2H]c1nc(F)c([2H])c(F)c1B1OC(C)(C)C(C)(C)O1. The molecule has 17 heavy (non-hydrogen) atoms. The van der Waals surface area contributed by atoms with Gasteiger partial charge in [0.15, 0.2) is 0 Å². The zero-order chi connectivity index (χ0) is 14.6. The number of rotatable bonds is 1. The van der Waals surface area contributed by atoms with Crippen molar-refractivity contribution in [3.63, 3.8) is 0 Å². The monoisotopic (exact) mass is 243 g/mol. The van der Waals surface area contributed by atoms with Crippen molar-refractivity contribution in [3.8, 4) is 0 Å². The fourth-order valence-corrected chi connectivity index (χ4v) is 1.46. The summed E-state index contributed by atoms with van der Waals surface area (Å²) in [5, 5.41) is 0.